The van der Waals surface area contributed by atoms with Crippen LogP contribution in [0.15, 0.2) is 18.2 Å². The van der Waals surface area contributed by atoms with Gasteiger partial charge in [0.2, 0.25) is 0 Å². The summed E-state index contributed by atoms with van der Waals surface area (Å²) in [5, 5.41) is 9.66. The Balaban J connectivity index is 1.96. The molecule has 0 saturated heterocycles. The highest BCUT2D eigenvalue weighted by Gasteiger charge is 2.16. The molecule has 1 aromatic carbocycles. The van der Waals surface area contributed by atoms with E-state index < -0.39 is 0 Å². The summed E-state index contributed by atoms with van der Waals surface area (Å²) >= 11 is 0. The molecular weight excluding hydrogens is 382 g/mol. The van der Waals surface area contributed by atoms with Crippen LogP contribution in [-0.2, 0) is 6.54 Å². The number of benzene rings is 1. The van der Waals surface area contributed by atoms with E-state index in [0.717, 1.165) is 29.4 Å². The number of carbonyl (C=O) groups excluding carboxylic acids is 1. The van der Waals surface area contributed by atoms with E-state index >= 15 is 0 Å². The second-order valence-corrected chi connectivity index (χ2v) is 10.1. The number of nitrogens with zero attached hydrogens (tertiary/aromatic N) is 1. The molecule has 0 atom stereocenters. The van der Waals surface area contributed by atoms with Crippen LogP contribution in [0.4, 0.5) is 0 Å². The van der Waals surface area contributed by atoms with E-state index in [4.69, 9.17) is 0 Å². The molecule has 178 valence electrons. The summed E-state index contributed by atoms with van der Waals surface area (Å²) in [7, 11) is 4.50. The maximum Gasteiger partial charge on any atom is 0.153 e. The molecule has 0 aliphatic carbocycles. The Kier molecular flexibility index (Phi) is 15.4. The van der Waals surface area contributed by atoms with Gasteiger partial charge in [0.1, 0.15) is 12.3 Å². The highest BCUT2D eigenvalue weighted by atomic mass is 16.3. The van der Waals surface area contributed by atoms with Crippen LogP contribution in [-0.4, -0.2) is 36.5 Å². The fourth-order valence-corrected chi connectivity index (χ4v) is 4.46. The number of carbonyl (C=O) groups is 1. The molecule has 0 fully saturated rings. The Morgan fingerprint density at radius 2 is 1.19 bits per heavy atom. The van der Waals surface area contributed by atoms with Gasteiger partial charge in [0.25, 0.3) is 0 Å². The first kappa shape index (κ1) is 27.7. The summed E-state index contributed by atoms with van der Waals surface area (Å²) < 4.78 is 0.918. The summed E-state index contributed by atoms with van der Waals surface area (Å²) in [6.45, 7) is 4.32. The van der Waals surface area contributed by atoms with Gasteiger partial charge >= 0.3 is 0 Å². The highest BCUT2D eigenvalue weighted by molar-refractivity contribution is 5.79. The normalized spacial score (nSPS) is 11.7. The first-order valence-corrected chi connectivity index (χ1v) is 13.1. The number of hydrogen-bond acceptors (Lipinski definition) is 2. The first-order chi connectivity index (χ1) is 15.0. The van der Waals surface area contributed by atoms with Gasteiger partial charge in [-0.1, -0.05) is 96.8 Å². The van der Waals surface area contributed by atoms with Crippen LogP contribution >= 0.6 is 0 Å². The third-order valence-electron chi connectivity index (χ3n) is 6.45. The lowest BCUT2D eigenvalue weighted by atomic mass is 10.0. The zero-order valence-electron chi connectivity index (χ0n) is 20.8. The standard InChI is InChI=1S/C28H49NO2/c1-4-5-6-7-8-9-10-11-12-13-14-15-16-17-18-19-22-29(2,3)24-26-20-21-28(31)27(23-26)25-30/h20-21,23,25H,4-19,22,24H2,1-3H3/p+1. The monoisotopic (exact) mass is 432 g/mol. The summed E-state index contributed by atoms with van der Waals surface area (Å²) in [4.78, 5) is 11.0. The second-order valence-electron chi connectivity index (χ2n) is 10.1. The van der Waals surface area contributed by atoms with Gasteiger partial charge in [-0.3, -0.25) is 4.79 Å². The van der Waals surface area contributed by atoms with E-state index in [2.05, 4.69) is 21.0 Å². The number of hydrogen-bond donors (Lipinski definition) is 1. The summed E-state index contributed by atoms with van der Waals surface area (Å²) in [6, 6.07) is 5.37. The number of aldehydes is 1. The SMILES string of the molecule is CCCCCCCCCCCCCCCCCC[N+](C)(C)Cc1ccc(O)c(C=O)c1. The van der Waals surface area contributed by atoms with E-state index in [9.17, 15) is 9.90 Å². The summed E-state index contributed by atoms with van der Waals surface area (Å²) in [5.41, 5.74) is 1.50. The third kappa shape index (κ3) is 14.4. The van der Waals surface area contributed by atoms with Crippen molar-refractivity contribution < 1.29 is 14.4 Å². The minimum Gasteiger partial charge on any atom is -0.507 e. The van der Waals surface area contributed by atoms with Crippen LogP contribution in [0.3, 0.4) is 0 Å². The highest BCUT2D eigenvalue weighted by Crippen LogP contribution is 2.20. The molecule has 0 spiro atoms. The molecule has 0 aliphatic rings. The first-order valence-electron chi connectivity index (χ1n) is 13.1. The minimum atomic E-state index is 0.0712. The molecule has 0 saturated carbocycles. The quantitative estimate of drug-likeness (QED) is 0.129. The predicted molar refractivity (Wildman–Crippen MR) is 134 cm³/mol. The van der Waals surface area contributed by atoms with Gasteiger partial charge < -0.3 is 9.59 Å². The largest absolute Gasteiger partial charge is 0.507 e. The van der Waals surface area contributed by atoms with Crippen molar-refractivity contribution in [3.05, 3.63) is 29.3 Å². The fourth-order valence-electron chi connectivity index (χ4n) is 4.46. The molecule has 0 aromatic heterocycles. The Bertz CT molecular complexity index is 582. The van der Waals surface area contributed by atoms with Gasteiger partial charge in [0.15, 0.2) is 6.29 Å². The number of unbranched alkanes of at least 4 members (excludes halogenated alkanes) is 15. The summed E-state index contributed by atoms with van der Waals surface area (Å²) in [5.74, 6) is 0.0712. The lowest BCUT2D eigenvalue weighted by Gasteiger charge is -2.30. The minimum absolute atomic E-state index is 0.0712. The van der Waals surface area contributed by atoms with Crippen LogP contribution in [0.5, 0.6) is 5.75 Å². The molecule has 1 aromatic rings. The molecule has 0 heterocycles. The molecule has 1 N–H and O–H groups in total. The fraction of sp³-hybridized carbons (Fsp3) is 0.750. The zero-order valence-corrected chi connectivity index (χ0v) is 20.8. The van der Waals surface area contributed by atoms with Gasteiger partial charge in [0, 0.05) is 5.56 Å². The van der Waals surface area contributed by atoms with Crippen LogP contribution < -0.4 is 0 Å². The van der Waals surface area contributed by atoms with Crippen LogP contribution in [0.1, 0.15) is 126 Å². The summed E-state index contributed by atoms with van der Waals surface area (Å²) in [6.07, 6.45) is 23.1. The molecular formula is C28H50NO2+. The average Bonchev–Trinajstić information content (AvgIpc) is 2.74. The Hall–Kier alpha value is -1.35. The number of aromatic hydroxyl groups is 1. The zero-order chi connectivity index (χ0) is 22.8. The molecule has 0 bridgehead atoms. The van der Waals surface area contributed by atoms with Crippen molar-refractivity contribution in [2.24, 2.45) is 0 Å². The number of phenolic OH excluding ortho intramolecular Hbond substituents is 1. The maximum absolute atomic E-state index is 11.0. The van der Waals surface area contributed by atoms with Crippen molar-refractivity contribution in [3.8, 4) is 5.75 Å². The smallest absolute Gasteiger partial charge is 0.153 e. The lowest BCUT2D eigenvalue weighted by molar-refractivity contribution is -0.903. The van der Waals surface area contributed by atoms with E-state index in [1.807, 2.05) is 12.1 Å². The van der Waals surface area contributed by atoms with Crippen molar-refractivity contribution in [3.63, 3.8) is 0 Å². The molecule has 0 amide bonds. The van der Waals surface area contributed by atoms with Crippen molar-refractivity contribution in [1.29, 1.82) is 0 Å². The van der Waals surface area contributed by atoms with Gasteiger partial charge in [-0.2, -0.15) is 0 Å². The number of phenols is 1. The molecule has 0 unspecified atom stereocenters. The number of quaternary nitrogens is 1. The molecule has 31 heavy (non-hydrogen) atoms. The van der Waals surface area contributed by atoms with Crippen LogP contribution in [0, 0.1) is 0 Å². The van der Waals surface area contributed by atoms with Crippen molar-refractivity contribution >= 4 is 6.29 Å². The van der Waals surface area contributed by atoms with Crippen molar-refractivity contribution in [1.82, 2.24) is 0 Å². The molecule has 3 nitrogen and oxygen atoms in total. The van der Waals surface area contributed by atoms with Gasteiger partial charge in [-0.15, -0.1) is 0 Å². The number of rotatable bonds is 20. The topological polar surface area (TPSA) is 37.3 Å². The van der Waals surface area contributed by atoms with Crippen LogP contribution in [0.25, 0.3) is 0 Å². The van der Waals surface area contributed by atoms with E-state index in [1.165, 1.54) is 103 Å². The lowest BCUT2D eigenvalue weighted by Crippen LogP contribution is -2.39. The Morgan fingerprint density at radius 3 is 1.65 bits per heavy atom. The Labute approximate surface area is 192 Å². The molecule has 1 rings (SSSR count). The maximum atomic E-state index is 11.0. The predicted octanol–water partition coefficient (Wildman–Crippen LogP) is 8.04. The molecule has 0 aliphatic heterocycles. The van der Waals surface area contributed by atoms with Crippen LogP contribution in [0.2, 0.25) is 0 Å². The molecule has 0 radical (unpaired) electrons. The van der Waals surface area contributed by atoms with Gasteiger partial charge in [-0.05, 0) is 31.0 Å². The van der Waals surface area contributed by atoms with E-state index in [-0.39, 0.29) is 5.75 Å². The average molecular weight is 433 g/mol. The van der Waals surface area contributed by atoms with Gasteiger partial charge in [0.05, 0.1) is 26.2 Å². The van der Waals surface area contributed by atoms with E-state index in [1.54, 1.807) is 6.07 Å². The van der Waals surface area contributed by atoms with Crippen molar-refractivity contribution in [2.45, 2.75) is 116 Å². The van der Waals surface area contributed by atoms with Gasteiger partial charge in [-0.25, -0.2) is 0 Å². The second kappa shape index (κ2) is 17.2. The van der Waals surface area contributed by atoms with E-state index in [0.29, 0.717) is 5.56 Å². The third-order valence-corrected chi connectivity index (χ3v) is 6.45. The molecule has 3 heteroatoms. The Morgan fingerprint density at radius 1 is 0.742 bits per heavy atom. The van der Waals surface area contributed by atoms with Crippen molar-refractivity contribution in [2.75, 3.05) is 20.6 Å².